The van der Waals surface area contributed by atoms with Gasteiger partial charge in [0.05, 0.1) is 31.2 Å². The van der Waals surface area contributed by atoms with Crippen molar-refractivity contribution in [2.75, 3.05) is 0 Å². The Labute approximate surface area is 145 Å². The monoisotopic (exact) mass is 330 g/mol. The molecule has 2 heterocycles. The van der Waals surface area contributed by atoms with Gasteiger partial charge in [-0.2, -0.15) is 0 Å². The minimum absolute atomic E-state index is 0.237. The van der Waals surface area contributed by atoms with Gasteiger partial charge in [0.2, 0.25) is 0 Å². The molecule has 2 rings (SSSR count). The van der Waals surface area contributed by atoms with Crippen LogP contribution in [-0.2, 0) is 12.8 Å². The summed E-state index contributed by atoms with van der Waals surface area (Å²) in [7, 11) is 0. The molecule has 0 saturated carbocycles. The van der Waals surface area contributed by atoms with Crippen LogP contribution in [0.5, 0.6) is 0 Å². The number of hydrogen-bond acceptors (Lipinski definition) is 3. The normalized spacial score (nSPS) is 14.7. The fraction of sp³-hybridized carbons (Fsp3) is 0.524. The molecule has 3 nitrogen and oxygen atoms in total. The first kappa shape index (κ1) is 18.6. The minimum atomic E-state index is -0.237. The van der Waals surface area contributed by atoms with E-state index >= 15 is 0 Å². The third kappa shape index (κ3) is 7.22. The Morgan fingerprint density at radius 2 is 1.79 bits per heavy atom. The summed E-state index contributed by atoms with van der Waals surface area (Å²) in [5, 5.41) is 10.3. The molecule has 2 atom stereocenters. The summed E-state index contributed by atoms with van der Waals surface area (Å²) in [5.41, 5.74) is 3.77. The van der Waals surface area contributed by atoms with Gasteiger partial charge in [-0.15, -0.1) is 0 Å². The van der Waals surface area contributed by atoms with Gasteiger partial charge in [-0.25, -0.2) is 0 Å². The second-order valence-corrected chi connectivity index (χ2v) is 6.94. The van der Waals surface area contributed by atoms with Crippen molar-refractivity contribution in [3.8, 4) is 0 Å². The molecule has 0 fully saturated rings. The lowest BCUT2D eigenvalue weighted by molar-refractivity contribution is 0.143. The third-order valence-corrected chi connectivity index (χ3v) is 4.48. The van der Waals surface area contributed by atoms with E-state index in [2.05, 4.69) is 19.9 Å². The molecule has 0 spiro atoms. The highest BCUT2D eigenvalue weighted by molar-refractivity contribution is 5.08. The lowest BCUT2D eigenvalue weighted by Crippen LogP contribution is -2.12. The highest BCUT2D eigenvalue weighted by Gasteiger charge is 2.11. The smallest absolute Gasteiger partial charge is 0.0934 e. The standard InChI is InChI=1S/C21H30O3/c1-17(5-3-7-19-9-11-23-15-19)13-21(22)14-18(2)6-4-8-20-10-12-24-16-20/h5,9-12,15-16,18,21-22H,3-4,6-8,13-14H2,1-2H3/t18-,21+/m1/s1. The summed E-state index contributed by atoms with van der Waals surface area (Å²) >= 11 is 0. The summed E-state index contributed by atoms with van der Waals surface area (Å²) in [4.78, 5) is 0. The van der Waals surface area contributed by atoms with Crippen LogP contribution in [0.4, 0.5) is 0 Å². The molecule has 0 aromatic carbocycles. The zero-order valence-corrected chi connectivity index (χ0v) is 14.9. The lowest BCUT2D eigenvalue weighted by atomic mass is 9.93. The Morgan fingerprint density at radius 1 is 1.12 bits per heavy atom. The molecule has 0 saturated heterocycles. The Hall–Kier alpha value is -1.74. The summed E-state index contributed by atoms with van der Waals surface area (Å²) in [6.07, 6.45) is 16.0. The first-order chi connectivity index (χ1) is 11.6. The van der Waals surface area contributed by atoms with Gasteiger partial charge in [-0.3, -0.25) is 0 Å². The van der Waals surface area contributed by atoms with Crippen LogP contribution in [-0.4, -0.2) is 11.2 Å². The molecule has 2 aromatic rings. The van der Waals surface area contributed by atoms with Gasteiger partial charge in [0.15, 0.2) is 0 Å². The quantitative estimate of drug-likeness (QED) is 0.549. The van der Waals surface area contributed by atoms with Crippen molar-refractivity contribution < 1.29 is 13.9 Å². The van der Waals surface area contributed by atoms with Crippen molar-refractivity contribution in [2.24, 2.45) is 5.92 Å². The number of aliphatic hydroxyl groups excluding tert-OH is 1. The van der Waals surface area contributed by atoms with Crippen LogP contribution in [0.25, 0.3) is 0 Å². The predicted octanol–water partition coefficient (Wildman–Crippen LogP) is 5.55. The molecule has 0 unspecified atom stereocenters. The number of allylic oxidation sites excluding steroid dienone is 1. The third-order valence-electron chi connectivity index (χ3n) is 4.48. The van der Waals surface area contributed by atoms with E-state index in [1.807, 2.05) is 18.4 Å². The fourth-order valence-corrected chi connectivity index (χ4v) is 3.13. The molecule has 0 radical (unpaired) electrons. The number of aryl methyl sites for hydroxylation is 2. The van der Waals surface area contributed by atoms with E-state index in [1.165, 1.54) is 16.7 Å². The highest BCUT2D eigenvalue weighted by Crippen LogP contribution is 2.19. The first-order valence-corrected chi connectivity index (χ1v) is 8.99. The molecule has 2 aromatic heterocycles. The topological polar surface area (TPSA) is 46.5 Å². The van der Waals surface area contributed by atoms with Gasteiger partial charge >= 0.3 is 0 Å². The SMILES string of the molecule is CC(=CCCc1ccoc1)C[C@H](O)C[C@H](C)CCCc1ccoc1. The maximum atomic E-state index is 10.3. The van der Waals surface area contributed by atoms with Crippen LogP contribution in [0.2, 0.25) is 0 Å². The Morgan fingerprint density at radius 3 is 2.42 bits per heavy atom. The Kier molecular flexibility index (Phi) is 7.90. The van der Waals surface area contributed by atoms with Gasteiger partial charge in [-0.1, -0.05) is 25.0 Å². The molecular weight excluding hydrogens is 300 g/mol. The van der Waals surface area contributed by atoms with E-state index in [1.54, 1.807) is 18.8 Å². The zero-order valence-electron chi connectivity index (χ0n) is 14.9. The van der Waals surface area contributed by atoms with Gasteiger partial charge < -0.3 is 13.9 Å². The maximum absolute atomic E-state index is 10.3. The largest absolute Gasteiger partial charge is 0.472 e. The van der Waals surface area contributed by atoms with E-state index in [9.17, 15) is 5.11 Å². The molecule has 0 aliphatic heterocycles. The van der Waals surface area contributed by atoms with Crippen molar-refractivity contribution >= 4 is 0 Å². The molecule has 1 N–H and O–H groups in total. The molecule has 0 amide bonds. The van der Waals surface area contributed by atoms with Crippen LogP contribution >= 0.6 is 0 Å². The second-order valence-electron chi connectivity index (χ2n) is 6.94. The van der Waals surface area contributed by atoms with E-state index in [0.717, 1.165) is 44.9 Å². The Balaban J connectivity index is 1.59. The number of aliphatic hydroxyl groups is 1. The van der Waals surface area contributed by atoms with Gasteiger partial charge in [0.25, 0.3) is 0 Å². The summed E-state index contributed by atoms with van der Waals surface area (Å²) < 4.78 is 10.2. The van der Waals surface area contributed by atoms with Crippen molar-refractivity contribution in [1.29, 1.82) is 0 Å². The van der Waals surface area contributed by atoms with E-state index in [0.29, 0.717) is 5.92 Å². The van der Waals surface area contributed by atoms with Crippen molar-refractivity contribution in [3.63, 3.8) is 0 Å². The molecule has 3 heteroatoms. The molecule has 24 heavy (non-hydrogen) atoms. The number of hydrogen-bond donors (Lipinski definition) is 1. The number of rotatable bonds is 11. The van der Waals surface area contributed by atoms with Crippen LogP contribution in [0, 0.1) is 5.92 Å². The van der Waals surface area contributed by atoms with E-state index < -0.39 is 0 Å². The molecule has 132 valence electrons. The first-order valence-electron chi connectivity index (χ1n) is 8.99. The Bertz CT molecular complexity index is 566. The predicted molar refractivity (Wildman–Crippen MR) is 96.8 cm³/mol. The zero-order chi connectivity index (χ0) is 17.2. The number of furan rings is 2. The highest BCUT2D eigenvalue weighted by atomic mass is 16.3. The molecule has 0 aliphatic rings. The summed E-state index contributed by atoms with van der Waals surface area (Å²) in [6.45, 7) is 4.35. The van der Waals surface area contributed by atoms with Gasteiger partial charge in [0.1, 0.15) is 0 Å². The lowest BCUT2D eigenvalue weighted by Gasteiger charge is -2.16. The van der Waals surface area contributed by atoms with Crippen LogP contribution in [0.3, 0.4) is 0 Å². The minimum Gasteiger partial charge on any atom is -0.472 e. The molecule has 0 aliphatic carbocycles. The average Bonchev–Trinajstić information content (AvgIpc) is 3.20. The van der Waals surface area contributed by atoms with Gasteiger partial charge in [-0.05, 0) is 74.6 Å². The molecular formula is C21H30O3. The molecule has 0 bridgehead atoms. The van der Waals surface area contributed by atoms with Crippen LogP contribution in [0.1, 0.15) is 57.1 Å². The van der Waals surface area contributed by atoms with Crippen LogP contribution in [0.15, 0.2) is 57.7 Å². The summed E-state index contributed by atoms with van der Waals surface area (Å²) in [5.74, 6) is 0.547. The van der Waals surface area contributed by atoms with Gasteiger partial charge in [0, 0.05) is 0 Å². The van der Waals surface area contributed by atoms with Crippen molar-refractivity contribution in [2.45, 2.75) is 64.9 Å². The van der Waals surface area contributed by atoms with Crippen molar-refractivity contribution in [1.82, 2.24) is 0 Å². The summed E-state index contributed by atoms with van der Waals surface area (Å²) in [6, 6.07) is 4.03. The fourth-order valence-electron chi connectivity index (χ4n) is 3.13. The van der Waals surface area contributed by atoms with E-state index in [4.69, 9.17) is 8.83 Å². The van der Waals surface area contributed by atoms with Crippen LogP contribution < -0.4 is 0 Å². The van der Waals surface area contributed by atoms with Crippen molar-refractivity contribution in [3.05, 3.63) is 60.0 Å². The maximum Gasteiger partial charge on any atom is 0.0934 e. The second kappa shape index (κ2) is 10.2. The van der Waals surface area contributed by atoms with E-state index in [-0.39, 0.29) is 6.10 Å². The average molecular weight is 330 g/mol.